The number of nitrogens with zero attached hydrogens (tertiary/aromatic N) is 3. The van der Waals surface area contributed by atoms with Crippen LogP contribution in [0.1, 0.15) is 32.0 Å². The number of likely N-dealkylation sites (N-methyl/N-ethyl adjacent to an activating group) is 1. The molecule has 0 amide bonds. The van der Waals surface area contributed by atoms with Gasteiger partial charge in [-0.1, -0.05) is 6.92 Å². The molecule has 1 aliphatic heterocycles. The standard InChI is InChI=1S/C13H24N4S/c1-4-14-11(2)12-10-18-13(15-12)17-7-5-6-16(3)8-9-17/h10-11,14H,4-9H2,1-3H3. The molecule has 2 rings (SSSR count). The van der Waals surface area contributed by atoms with Crippen molar-refractivity contribution in [2.24, 2.45) is 0 Å². The monoisotopic (exact) mass is 268 g/mol. The summed E-state index contributed by atoms with van der Waals surface area (Å²) >= 11 is 1.78. The minimum Gasteiger partial charge on any atom is -0.347 e. The lowest BCUT2D eigenvalue weighted by atomic mass is 10.2. The highest BCUT2D eigenvalue weighted by Crippen LogP contribution is 2.24. The smallest absolute Gasteiger partial charge is 0.185 e. The molecule has 0 spiro atoms. The number of hydrogen-bond donors (Lipinski definition) is 1. The summed E-state index contributed by atoms with van der Waals surface area (Å²) < 4.78 is 0. The van der Waals surface area contributed by atoms with Crippen LogP contribution in [-0.2, 0) is 0 Å². The molecule has 1 aromatic rings. The molecule has 0 aromatic carbocycles. The molecule has 1 N–H and O–H groups in total. The van der Waals surface area contributed by atoms with Gasteiger partial charge in [-0.25, -0.2) is 4.98 Å². The fraction of sp³-hybridized carbons (Fsp3) is 0.769. The number of rotatable bonds is 4. The van der Waals surface area contributed by atoms with E-state index in [1.807, 2.05) is 0 Å². The van der Waals surface area contributed by atoms with Gasteiger partial charge in [-0.2, -0.15) is 0 Å². The van der Waals surface area contributed by atoms with Crippen molar-refractivity contribution in [3.8, 4) is 0 Å². The van der Waals surface area contributed by atoms with E-state index in [1.54, 1.807) is 11.3 Å². The summed E-state index contributed by atoms with van der Waals surface area (Å²) in [5, 5.41) is 6.79. The molecule has 1 aliphatic rings. The molecule has 4 nitrogen and oxygen atoms in total. The highest BCUT2D eigenvalue weighted by Gasteiger charge is 2.16. The molecule has 0 radical (unpaired) electrons. The molecule has 0 saturated carbocycles. The fourth-order valence-electron chi connectivity index (χ4n) is 2.27. The molecule has 0 bridgehead atoms. The maximum absolute atomic E-state index is 4.78. The maximum atomic E-state index is 4.78. The number of hydrogen-bond acceptors (Lipinski definition) is 5. The normalized spacial score (nSPS) is 19.8. The summed E-state index contributed by atoms with van der Waals surface area (Å²) in [5.74, 6) is 0. The van der Waals surface area contributed by atoms with Gasteiger partial charge in [0.15, 0.2) is 5.13 Å². The Morgan fingerprint density at radius 3 is 3.00 bits per heavy atom. The van der Waals surface area contributed by atoms with Gasteiger partial charge in [0.05, 0.1) is 5.69 Å². The van der Waals surface area contributed by atoms with Crippen LogP contribution in [0.25, 0.3) is 0 Å². The van der Waals surface area contributed by atoms with Gasteiger partial charge >= 0.3 is 0 Å². The van der Waals surface area contributed by atoms with Gasteiger partial charge < -0.3 is 15.1 Å². The summed E-state index contributed by atoms with van der Waals surface area (Å²) in [6, 6.07) is 0.356. The SMILES string of the molecule is CCNC(C)c1csc(N2CCCN(C)CC2)n1. The zero-order chi connectivity index (χ0) is 13.0. The first-order chi connectivity index (χ1) is 8.70. The molecular weight excluding hydrogens is 244 g/mol. The quantitative estimate of drug-likeness (QED) is 0.904. The van der Waals surface area contributed by atoms with E-state index in [9.17, 15) is 0 Å². The van der Waals surface area contributed by atoms with Crippen LogP contribution in [0.2, 0.25) is 0 Å². The lowest BCUT2D eigenvalue weighted by Crippen LogP contribution is -2.28. The topological polar surface area (TPSA) is 31.4 Å². The lowest BCUT2D eigenvalue weighted by molar-refractivity contribution is 0.360. The summed E-state index contributed by atoms with van der Waals surface area (Å²) in [7, 11) is 2.20. The molecule has 1 unspecified atom stereocenters. The summed E-state index contributed by atoms with van der Waals surface area (Å²) in [6.07, 6.45) is 1.23. The van der Waals surface area contributed by atoms with Crippen molar-refractivity contribution in [1.82, 2.24) is 15.2 Å². The fourth-order valence-corrected chi connectivity index (χ4v) is 3.24. The zero-order valence-corrected chi connectivity index (χ0v) is 12.5. The van der Waals surface area contributed by atoms with Gasteiger partial charge in [0.2, 0.25) is 0 Å². The first kappa shape index (κ1) is 13.8. The number of nitrogens with one attached hydrogen (secondary N) is 1. The molecule has 1 saturated heterocycles. The van der Waals surface area contributed by atoms with Crippen molar-refractivity contribution in [3.05, 3.63) is 11.1 Å². The summed E-state index contributed by atoms with van der Waals surface area (Å²) in [4.78, 5) is 9.61. The van der Waals surface area contributed by atoms with Crippen LogP contribution in [0, 0.1) is 0 Å². The third-order valence-corrected chi connectivity index (χ3v) is 4.37. The summed E-state index contributed by atoms with van der Waals surface area (Å²) in [5.41, 5.74) is 1.18. The Balaban J connectivity index is 2.00. The maximum Gasteiger partial charge on any atom is 0.185 e. The highest BCUT2D eigenvalue weighted by atomic mass is 32.1. The third-order valence-electron chi connectivity index (χ3n) is 3.45. The highest BCUT2D eigenvalue weighted by molar-refractivity contribution is 7.13. The Morgan fingerprint density at radius 1 is 1.39 bits per heavy atom. The van der Waals surface area contributed by atoms with Gasteiger partial charge in [0.25, 0.3) is 0 Å². The van der Waals surface area contributed by atoms with E-state index in [-0.39, 0.29) is 0 Å². The Labute approximate surface area is 114 Å². The van der Waals surface area contributed by atoms with Gasteiger partial charge in [0, 0.05) is 31.1 Å². The van der Waals surface area contributed by atoms with Crippen LogP contribution in [-0.4, -0.2) is 49.7 Å². The van der Waals surface area contributed by atoms with Crippen LogP contribution in [0.15, 0.2) is 5.38 Å². The van der Waals surface area contributed by atoms with Crippen LogP contribution >= 0.6 is 11.3 Å². The van der Waals surface area contributed by atoms with Gasteiger partial charge in [-0.05, 0) is 33.5 Å². The second kappa shape index (κ2) is 6.50. The van der Waals surface area contributed by atoms with Crippen LogP contribution in [0.4, 0.5) is 5.13 Å². The van der Waals surface area contributed by atoms with Crippen molar-refractivity contribution in [3.63, 3.8) is 0 Å². The Kier molecular flexibility index (Phi) is 4.97. The van der Waals surface area contributed by atoms with Crippen LogP contribution in [0.5, 0.6) is 0 Å². The van der Waals surface area contributed by atoms with Crippen molar-refractivity contribution < 1.29 is 0 Å². The van der Waals surface area contributed by atoms with E-state index < -0.39 is 0 Å². The third kappa shape index (κ3) is 3.43. The van der Waals surface area contributed by atoms with Crippen molar-refractivity contribution in [2.45, 2.75) is 26.3 Å². The molecule has 18 heavy (non-hydrogen) atoms. The zero-order valence-electron chi connectivity index (χ0n) is 11.6. The van der Waals surface area contributed by atoms with E-state index in [0.717, 1.165) is 26.2 Å². The molecule has 1 fully saturated rings. The first-order valence-corrected chi connectivity index (χ1v) is 7.71. The minimum atomic E-state index is 0.356. The molecule has 1 aromatic heterocycles. The average Bonchev–Trinajstić information content (AvgIpc) is 2.74. The molecule has 102 valence electrons. The van der Waals surface area contributed by atoms with Crippen molar-refractivity contribution >= 4 is 16.5 Å². The van der Waals surface area contributed by atoms with Gasteiger partial charge in [-0.15, -0.1) is 11.3 Å². The lowest BCUT2D eigenvalue weighted by Gasteiger charge is -2.19. The molecule has 1 atom stereocenters. The minimum absolute atomic E-state index is 0.356. The molecule has 5 heteroatoms. The van der Waals surface area contributed by atoms with Crippen molar-refractivity contribution in [1.29, 1.82) is 0 Å². The molecule has 0 aliphatic carbocycles. The van der Waals surface area contributed by atoms with Crippen LogP contribution < -0.4 is 10.2 Å². The Morgan fingerprint density at radius 2 is 2.22 bits per heavy atom. The second-order valence-electron chi connectivity index (χ2n) is 4.98. The van der Waals surface area contributed by atoms with E-state index in [4.69, 9.17) is 4.98 Å². The molecule has 2 heterocycles. The second-order valence-corrected chi connectivity index (χ2v) is 5.81. The van der Waals surface area contributed by atoms with E-state index in [0.29, 0.717) is 6.04 Å². The number of anilines is 1. The van der Waals surface area contributed by atoms with Gasteiger partial charge in [0.1, 0.15) is 0 Å². The largest absolute Gasteiger partial charge is 0.347 e. The summed E-state index contributed by atoms with van der Waals surface area (Å²) in [6.45, 7) is 9.86. The van der Waals surface area contributed by atoms with E-state index >= 15 is 0 Å². The van der Waals surface area contributed by atoms with Gasteiger partial charge in [-0.3, -0.25) is 0 Å². The van der Waals surface area contributed by atoms with E-state index in [2.05, 4.69) is 41.4 Å². The number of aromatic nitrogens is 1. The Bertz CT molecular complexity index is 366. The first-order valence-electron chi connectivity index (χ1n) is 6.83. The van der Waals surface area contributed by atoms with Crippen LogP contribution in [0.3, 0.4) is 0 Å². The predicted octanol–water partition coefficient (Wildman–Crippen LogP) is 1.96. The predicted molar refractivity (Wildman–Crippen MR) is 78.5 cm³/mol. The Hall–Kier alpha value is -0.650. The average molecular weight is 268 g/mol. The number of thiazole rings is 1. The van der Waals surface area contributed by atoms with E-state index in [1.165, 1.54) is 23.8 Å². The molecular formula is C13H24N4S. The van der Waals surface area contributed by atoms with Crippen molar-refractivity contribution in [2.75, 3.05) is 44.7 Å².